The third-order valence-corrected chi connectivity index (χ3v) is 4.93. The van der Waals surface area contributed by atoms with Crippen LogP contribution >= 0.6 is 46.3 Å². The molecule has 1 aromatic heterocycles. The maximum absolute atomic E-state index is 12.0. The second kappa shape index (κ2) is 6.62. The van der Waals surface area contributed by atoms with Crippen LogP contribution in [0, 0.1) is 0 Å². The van der Waals surface area contributed by atoms with Gasteiger partial charge in [-0.2, -0.15) is 0 Å². The summed E-state index contributed by atoms with van der Waals surface area (Å²) in [4.78, 5) is 12.0. The molecular formula is C11H10Cl2N4OS2. The van der Waals surface area contributed by atoms with Gasteiger partial charge in [-0.25, -0.2) is 0 Å². The van der Waals surface area contributed by atoms with Gasteiger partial charge in [0.05, 0.1) is 15.3 Å². The molecule has 0 aliphatic rings. The summed E-state index contributed by atoms with van der Waals surface area (Å²) in [5, 5.41) is 11.2. The third-order valence-electron chi connectivity index (χ3n) is 2.26. The number of carbonyl (C=O) groups is 1. The zero-order valence-corrected chi connectivity index (χ0v) is 13.4. The molecule has 2 rings (SSSR count). The van der Waals surface area contributed by atoms with E-state index in [1.54, 1.807) is 25.1 Å². The van der Waals surface area contributed by atoms with Crippen LogP contribution in [0.25, 0.3) is 0 Å². The second-order valence-corrected chi connectivity index (χ2v) is 7.20. The van der Waals surface area contributed by atoms with Crippen molar-refractivity contribution in [3.05, 3.63) is 28.2 Å². The molecule has 0 unspecified atom stereocenters. The number of nitrogens with two attached hydrogens (primary N) is 1. The zero-order chi connectivity index (χ0) is 14.7. The lowest BCUT2D eigenvalue weighted by molar-refractivity contribution is -0.115. The highest BCUT2D eigenvalue weighted by Gasteiger charge is 2.17. The average Bonchev–Trinajstić information content (AvgIpc) is 2.79. The molecule has 1 heterocycles. The first kappa shape index (κ1) is 15.4. The molecule has 0 saturated carbocycles. The largest absolute Gasteiger partial charge is 0.374 e. The van der Waals surface area contributed by atoms with E-state index < -0.39 is 0 Å². The summed E-state index contributed by atoms with van der Waals surface area (Å²) in [5.74, 6) is -0.165. The van der Waals surface area contributed by atoms with Crippen molar-refractivity contribution in [3.8, 4) is 0 Å². The van der Waals surface area contributed by atoms with Crippen LogP contribution in [0.4, 0.5) is 10.8 Å². The van der Waals surface area contributed by atoms with Crippen molar-refractivity contribution in [2.75, 3.05) is 11.1 Å². The highest BCUT2D eigenvalue weighted by Crippen LogP contribution is 2.29. The molecule has 0 saturated heterocycles. The number of benzene rings is 1. The van der Waals surface area contributed by atoms with Crippen molar-refractivity contribution in [2.24, 2.45) is 0 Å². The predicted octanol–water partition coefficient (Wildman–Crippen LogP) is 3.55. The molecule has 20 heavy (non-hydrogen) atoms. The molecule has 106 valence electrons. The Kier molecular flexibility index (Phi) is 5.09. The fraction of sp³-hybridized carbons (Fsp3) is 0.182. The fourth-order valence-corrected chi connectivity index (χ4v) is 3.37. The standard InChI is InChI=1S/C11H10Cl2N4OS2/c1-5(19-11-17-16-10(14)20-11)9(18)15-6-2-3-7(12)8(13)4-6/h2-5H,1H3,(H2,14,16)(H,15,18)/t5-/m0/s1. The normalized spacial score (nSPS) is 12.2. The van der Waals surface area contributed by atoms with Crippen LogP contribution in [0.15, 0.2) is 22.5 Å². The molecule has 0 fully saturated rings. The van der Waals surface area contributed by atoms with Gasteiger partial charge >= 0.3 is 0 Å². The van der Waals surface area contributed by atoms with Gasteiger partial charge in [0.25, 0.3) is 0 Å². The highest BCUT2D eigenvalue weighted by atomic mass is 35.5. The molecule has 3 N–H and O–H groups in total. The van der Waals surface area contributed by atoms with Crippen LogP contribution in [0.1, 0.15) is 6.92 Å². The van der Waals surface area contributed by atoms with Gasteiger partial charge in [-0.05, 0) is 25.1 Å². The average molecular weight is 349 g/mol. The summed E-state index contributed by atoms with van der Waals surface area (Å²) in [6.07, 6.45) is 0. The minimum atomic E-state index is -0.336. The topological polar surface area (TPSA) is 80.9 Å². The monoisotopic (exact) mass is 348 g/mol. The fourth-order valence-electron chi connectivity index (χ4n) is 1.29. The summed E-state index contributed by atoms with van der Waals surface area (Å²) < 4.78 is 0.652. The van der Waals surface area contributed by atoms with E-state index in [1.165, 1.54) is 23.1 Å². The van der Waals surface area contributed by atoms with E-state index in [0.717, 1.165) is 0 Å². The Labute approximate surface area is 133 Å². The first-order valence-corrected chi connectivity index (χ1v) is 7.92. The van der Waals surface area contributed by atoms with Crippen LogP contribution < -0.4 is 11.1 Å². The Bertz CT molecular complexity index is 635. The van der Waals surface area contributed by atoms with Gasteiger partial charge in [0.1, 0.15) is 0 Å². The van der Waals surface area contributed by atoms with Gasteiger partial charge in [0.2, 0.25) is 11.0 Å². The summed E-state index contributed by atoms with van der Waals surface area (Å²) in [6.45, 7) is 1.77. The van der Waals surface area contributed by atoms with Crippen LogP contribution in [0.5, 0.6) is 0 Å². The molecule has 1 aromatic carbocycles. The van der Waals surface area contributed by atoms with Crippen molar-refractivity contribution in [3.63, 3.8) is 0 Å². The molecule has 0 bridgehead atoms. The quantitative estimate of drug-likeness (QED) is 0.825. The predicted molar refractivity (Wildman–Crippen MR) is 84.7 cm³/mol. The van der Waals surface area contributed by atoms with Gasteiger partial charge < -0.3 is 11.1 Å². The number of rotatable bonds is 4. The molecule has 0 aliphatic heterocycles. The number of nitrogen functional groups attached to an aromatic ring is 1. The minimum Gasteiger partial charge on any atom is -0.374 e. The molecule has 9 heteroatoms. The van der Waals surface area contributed by atoms with Crippen molar-refractivity contribution >= 4 is 63.0 Å². The summed E-state index contributed by atoms with van der Waals surface area (Å²) in [6, 6.07) is 4.91. The van der Waals surface area contributed by atoms with Gasteiger partial charge in [-0.15, -0.1) is 10.2 Å². The molecular weight excluding hydrogens is 339 g/mol. The number of thioether (sulfide) groups is 1. The molecule has 2 aromatic rings. The van der Waals surface area contributed by atoms with Gasteiger partial charge in [-0.1, -0.05) is 46.3 Å². The molecule has 0 aliphatic carbocycles. The smallest absolute Gasteiger partial charge is 0.237 e. The van der Waals surface area contributed by atoms with Gasteiger partial charge in [-0.3, -0.25) is 4.79 Å². The lowest BCUT2D eigenvalue weighted by atomic mass is 10.3. The van der Waals surface area contributed by atoms with Gasteiger partial charge in [0, 0.05) is 5.69 Å². The molecule has 0 spiro atoms. The van der Waals surface area contributed by atoms with Gasteiger partial charge in [0.15, 0.2) is 4.34 Å². The number of nitrogens with one attached hydrogen (secondary N) is 1. The maximum Gasteiger partial charge on any atom is 0.237 e. The van der Waals surface area contributed by atoms with E-state index in [1.807, 2.05) is 0 Å². The number of halogens is 2. The Morgan fingerprint density at radius 2 is 2.15 bits per heavy atom. The number of aromatic nitrogens is 2. The second-order valence-electron chi connectivity index (χ2n) is 3.78. The number of amides is 1. The Balaban J connectivity index is 1.98. The lowest BCUT2D eigenvalue weighted by Gasteiger charge is -2.10. The summed E-state index contributed by atoms with van der Waals surface area (Å²) >= 11 is 14.2. The van der Waals surface area contributed by atoms with Crippen molar-refractivity contribution < 1.29 is 4.79 Å². The molecule has 1 amide bonds. The van der Waals surface area contributed by atoms with Crippen LogP contribution in [-0.2, 0) is 4.79 Å². The van der Waals surface area contributed by atoms with Crippen LogP contribution in [0.2, 0.25) is 10.0 Å². The Hall–Kier alpha value is -1.02. The Morgan fingerprint density at radius 1 is 1.40 bits per heavy atom. The SMILES string of the molecule is C[C@H](Sc1nnc(N)s1)C(=O)Nc1ccc(Cl)c(Cl)c1. The van der Waals surface area contributed by atoms with E-state index in [0.29, 0.717) is 25.2 Å². The first-order valence-electron chi connectivity index (χ1n) is 5.47. The number of hydrogen-bond donors (Lipinski definition) is 2. The van der Waals surface area contributed by atoms with E-state index in [2.05, 4.69) is 15.5 Å². The summed E-state index contributed by atoms with van der Waals surface area (Å²) in [5.41, 5.74) is 6.08. The number of nitrogens with zero attached hydrogens (tertiary/aromatic N) is 2. The summed E-state index contributed by atoms with van der Waals surface area (Å²) in [7, 11) is 0. The highest BCUT2D eigenvalue weighted by molar-refractivity contribution is 8.02. The molecule has 5 nitrogen and oxygen atoms in total. The van der Waals surface area contributed by atoms with Crippen LogP contribution in [-0.4, -0.2) is 21.4 Å². The molecule has 0 radical (unpaired) electrons. The third kappa shape index (κ3) is 3.99. The number of carbonyl (C=O) groups excluding carboxylic acids is 1. The minimum absolute atomic E-state index is 0.165. The Morgan fingerprint density at radius 3 is 2.75 bits per heavy atom. The van der Waals surface area contributed by atoms with E-state index >= 15 is 0 Å². The number of hydrogen-bond acceptors (Lipinski definition) is 6. The first-order chi connectivity index (χ1) is 9.45. The lowest BCUT2D eigenvalue weighted by Crippen LogP contribution is -2.22. The van der Waals surface area contributed by atoms with Crippen LogP contribution in [0.3, 0.4) is 0 Å². The van der Waals surface area contributed by atoms with E-state index in [4.69, 9.17) is 28.9 Å². The maximum atomic E-state index is 12.0. The molecule has 1 atom stereocenters. The van der Waals surface area contributed by atoms with E-state index in [9.17, 15) is 4.79 Å². The van der Waals surface area contributed by atoms with Crippen molar-refractivity contribution in [1.29, 1.82) is 0 Å². The van der Waals surface area contributed by atoms with Crippen molar-refractivity contribution in [2.45, 2.75) is 16.5 Å². The van der Waals surface area contributed by atoms with Crippen molar-refractivity contribution in [1.82, 2.24) is 10.2 Å². The van der Waals surface area contributed by atoms with E-state index in [-0.39, 0.29) is 11.2 Å². The number of anilines is 2. The zero-order valence-electron chi connectivity index (χ0n) is 10.3.